The number of ketones is 1. The first-order valence-corrected chi connectivity index (χ1v) is 16.8. The number of piperidine rings is 3. The SMILES string of the molecule is CC(=O)[C@H]1CCC[C@H]2C(=O)NCC(=O)N12.CN1CCN2[C@@H](CO)CCC[C@H]2C1.C[C@@H]1CCC[C@H](C)N1.Cc1cccc(C)n1. The summed E-state index contributed by atoms with van der Waals surface area (Å²) >= 11 is 0. The fourth-order valence-corrected chi connectivity index (χ4v) is 7.15. The number of piperazine rings is 2. The predicted molar refractivity (Wildman–Crippen MR) is 174 cm³/mol. The molecular weight excluding hydrogens is 556 g/mol. The first-order valence-electron chi connectivity index (χ1n) is 16.8. The van der Waals surface area contributed by atoms with Crippen molar-refractivity contribution in [2.24, 2.45) is 0 Å². The summed E-state index contributed by atoms with van der Waals surface area (Å²) in [5.41, 5.74) is 2.18. The zero-order valence-electron chi connectivity index (χ0n) is 28.1. The number of nitrogens with one attached hydrogen (secondary N) is 2. The van der Waals surface area contributed by atoms with Crippen molar-refractivity contribution < 1.29 is 19.5 Å². The molecule has 0 saturated carbocycles. The summed E-state index contributed by atoms with van der Waals surface area (Å²) in [5.74, 6) is -0.289. The highest BCUT2D eigenvalue weighted by Gasteiger charge is 2.42. The van der Waals surface area contributed by atoms with E-state index < -0.39 is 6.04 Å². The first-order chi connectivity index (χ1) is 21.0. The molecule has 5 fully saturated rings. The van der Waals surface area contributed by atoms with Crippen LogP contribution in [0, 0.1) is 13.8 Å². The van der Waals surface area contributed by atoms with Crippen molar-refractivity contribution in [1.29, 1.82) is 0 Å². The van der Waals surface area contributed by atoms with Crippen LogP contribution in [0.25, 0.3) is 0 Å². The number of pyridine rings is 1. The maximum atomic E-state index is 11.6. The molecule has 0 radical (unpaired) electrons. The van der Waals surface area contributed by atoms with Crippen LogP contribution < -0.4 is 10.6 Å². The van der Waals surface area contributed by atoms with Gasteiger partial charge in [-0.2, -0.15) is 0 Å². The van der Waals surface area contributed by atoms with Crippen molar-refractivity contribution in [1.82, 2.24) is 30.3 Å². The number of hydrogen-bond donors (Lipinski definition) is 3. The molecule has 6 heterocycles. The Balaban J connectivity index is 0.000000166. The minimum Gasteiger partial charge on any atom is -0.395 e. The number of carbonyl (C=O) groups excluding carboxylic acids is 3. The van der Waals surface area contributed by atoms with Gasteiger partial charge in [0.05, 0.1) is 19.2 Å². The standard InChI is InChI=1S/C10H14N2O3.C10H20N2O.C7H15N.C7H9N/c1-6(13)7-3-2-4-8-10(15)11-5-9(14)12(7)8;1-11-5-6-12-9(7-11)3-2-4-10(12)8-13;2*1-6-4-3-5-7(2)8-6/h7-8H,2-5H2,1H3,(H,11,15);9-10,13H,2-8H2,1H3;6-8H,3-5H2,1-2H3;3-5H,1-2H3/t7-,8+;9-,10+;6-,7+;/m10../s1. The number of rotatable bonds is 2. The summed E-state index contributed by atoms with van der Waals surface area (Å²) in [4.78, 5) is 45.1. The predicted octanol–water partition coefficient (Wildman–Crippen LogP) is 2.84. The highest BCUT2D eigenvalue weighted by atomic mass is 16.3. The third kappa shape index (κ3) is 10.9. The van der Waals surface area contributed by atoms with E-state index in [9.17, 15) is 19.5 Å². The Morgan fingerprint density at radius 1 is 0.955 bits per heavy atom. The molecule has 1 aromatic rings. The lowest BCUT2D eigenvalue weighted by molar-refractivity contribution is -0.153. The molecule has 2 amide bonds. The molecular formula is C34H58N6O4. The van der Waals surface area contributed by atoms with Gasteiger partial charge >= 0.3 is 0 Å². The average molecular weight is 615 g/mol. The molecule has 0 aliphatic carbocycles. The molecule has 0 aromatic carbocycles. The molecule has 5 aliphatic heterocycles. The van der Waals surface area contributed by atoms with Crippen LogP contribution in [0.5, 0.6) is 0 Å². The van der Waals surface area contributed by atoms with Gasteiger partial charge in [0.1, 0.15) is 6.04 Å². The Hall–Kier alpha value is -2.40. The zero-order valence-corrected chi connectivity index (χ0v) is 28.1. The van der Waals surface area contributed by atoms with E-state index in [1.807, 2.05) is 32.0 Å². The topological polar surface area (TPSA) is 118 Å². The summed E-state index contributed by atoms with van der Waals surface area (Å²) in [6.45, 7) is 13.9. The van der Waals surface area contributed by atoms with Crippen molar-refractivity contribution in [3.05, 3.63) is 29.6 Å². The first kappa shape index (κ1) is 36.1. The number of fused-ring (bicyclic) bond motifs is 2. The number of hydrogen-bond acceptors (Lipinski definition) is 8. The molecule has 3 N–H and O–H groups in total. The van der Waals surface area contributed by atoms with Crippen LogP contribution in [-0.2, 0) is 14.4 Å². The number of aromatic nitrogens is 1. The number of amides is 2. The molecule has 248 valence electrons. The van der Waals surface area contributed by atoms with Gasteiger partial charge in [0, 0.05) is 55.2 Å². The second-order valence-electron chi connectivity index (χ2n) is 13.3. The maximum Gasteiger partial charge on any atom is 0.243 e. The van der Waals surface area contributed by atoms with Crippen LogP contribution in [0.1, 0.15) is 89.9 Å². The molecule has 5 saturated heterocycles. The monoisotopic (exact) mass is 614 g/mol. The molecule has 10 nitrogen and oxygen atoms in total. The van der Waals surface area contributed by atoms with Gasteiger partial charge in [0.2, 0.25) is 11.8 Å². The highest BCUT2D eigenvalue weighted by Crippen LogP contribution is 2.26. The van der Waals surface area contributed by atoms with E-state index in [2.05, 4.69) is 46.3 Å². The zero-order chi connectivity index (χ0) is 32.2. The van der Waals surface area contributed by atoms with E-state index >= 15 is 0 Å². The van der Waals surface area contributed by atoms with Gasteiger partial charge in [-0.25, -0.2) is 0 Å². The lowest BCUT2D eigenvalue weighted by Gasteiger charge is -2.47. The summed E-state index contributed by atoms with van der Waals surface area (Å²) < 4.78 is 0. The van der Waals surface area contributed by atoms with Crippen molar-refractivity contribution in [3.63, 3.8) is 0 Å². The fourth-order valence-electron chi connectivity index (χ4n) is 7.15. The quantitative estimate of drug-likeness (QED) is 0.466. The summed E-state index contributed by atoms with van der Waals surface area (Å²) in [5, 5.41) is 15.3. The van der Waals surface area contributed by atoms with Crippen LogP contribution in [0.4, 0.5) is 0 Å². The van der Waals surface area contributed by atoms with E-state index in [1.54, 1.807) is 0 Å². The van der Waals surface area contributed by atoms with Crippen molar-refractivity contribution in [3.8, 4) is 0 Å². The summed E-state index contributed by atoms with van der Waals surface area (Å²) in [6.07, 6.45) is 10.1. The number of aliphatic hydroxyl groups is 1. The van der Waals surface area contributed by atoms with E-state index in [4.69, 9.17) is 0 Å². The number of Topliss-reactive ketones (excluding diaryl/α,β-unsaturated/α-hetero) is 1. The molecule has 10 heteroatoms. The van der Waals surface area contributed by atoms with Gasteiger partial charge in [-0.05, 0) is 98.7 Å². The molecule has 0 unspecified atom stereocenters. The molecule has 6 atom stereocenters. The third-order valence-corrected chi connectivity index (χ3v) is 9.46. The molecule has 0 spiro atoms. The third-order valence-electron chi connectivity index (χ3n) is 9.46. The molecule has 0 bridgehead atoms. The second-order valence-corrected chi connectivity index (χ2v) is 13.3. The van der Waals surface area contributed by atoms with E-state index in [0.29, 0.717) is 31.5 Å². The minimum absolute atomic E-state index is 0.0252. The Kier molecular flexibility index (Phi) is 14.7. The average Bonchev–Trinajstić information content (AvgIpc) is 2.99. The van der Waals surface area contributed by atoms with E-state index in [0.717, 1.165) is 43.0 Å². The minimum atomic E-state index is -0.422. The van der Waals surface area contributed by atoms with Gasteiger partial charge < -0.3 is 25.5 Å². The highest BCUT2D eigenvalue weighted by molar-refractivity contribution is 5.98. The van der Waals surface area contributed by atoms with Gasteiger partial charge in [0.25, 0.3) is 0 Å². The lowest BCUT2D eigenvalue weighted by Crippen LogP contribution is -2.64. The Morgan fingerprint density at radius 2 is 1.59 bits per heavy atom. The number of nitrogens with zero attached hydrogens (tertiary/aromatic N) is 4. The largest absolute Gasteiger partial charge is 0.395 e. The van der Waals surface area contributed by atoms with Crippen molar-refractivity contribution in [2.75, 3.05) is 39.8 Å². The number of carbonyl (C=O) groups is 3. The van der Waals surface area contributed by atoms with Crippen LogP contribution in [0.3, 0.4) is 0 Å². The van der Waals surface area contributed by atoms with Crippen LogP contribution in [0.2, 0.25) is 0 Å². The van der Waals surface area contributed by atoms with Crippen LogP contribution in [-0.4, -0.2) is 118 Å². The van der Waals surface area contributed by atoms with Gasteiger partial charge in [0.15, 0.2) is 5.78 Å². The molecule has 44 heavy (non-hydrogen) atoms. The molecule has 1 aromatic heterocycles. The number of likely N-dealkylation sites (N-methyl/N-ethyl adjacent to an activating group) is 1. The van der Waals surface area contributed by atoms with Gasteiger partial charge in [-0.15, -0.1) is 0 Å². The Labute approximate surface area is 265 Å². The van der Waals surface area contributed by atoms with Crippen LogP contribution in [0.15, 0.2) is 18.2 Å². The normalized spacial score (nSPS) is 30.5. The van der Waals surface area contributed by atoms with Crippen LogP contribution >= 0.6 is 0 Å². The molecule has 6 rings (SSSR count). The number of aryl methyl sites for hydroxylation is 2. The second kappa shape index (κ2) is 17.9. The van der Waals surface area contributed by atoms with Crippen molar-refractivity contribution in [2.45, 2.75) is 129 Å². The van der Waals surface area contributed by atoms with E-state index in [-0.39, 0.29) is 30.2 Å². The summed E-state index contributed by atoms with van der Waals surface area (Å²) in [7, 11) is 2.19. The lowest BCUT2D eigenvalue weighted by atomic mass is 9.91. The van der Waals surface area contributed by atoms with E-state index in [1.165, 1.54) is 56.9 Å². The van der Waals surface area contributed by atoms with Gasteiger partial charge in [-0.3, -0.25) is 24.3 Å². The maximum absolute atomic E-state index is 11.6. The molecule has 5 aliphatic rings. The smallest absolute Gasteiger partial charge is 0.243 e. The summed E-state index contributed by atoms with van der Waals surface area (Å²) in [6, 6.07) is 7.88. The fraction of sp³-hybridized carbons (Fsp3) is 0.765. The Bertz CT molecular complexity index is 1040. The van der Waals surface area contributed by atoms with Crippen molar-refractivity contribution >= 4 is 17.6 Å². The number of aliphatic hydroxyl groups excluding tert-OH is 1. The van der Waals surface area contributed by atoms with Gasteiger partial charge in [-0.1, -0.05) is 18.9 Å². The Morgan fingerprint density at radius 3 is 2.14 bits per heavy atom.